The van der Waals surface area contributed by atoms with Gasteiger partial charge in [-0.15, -0.1) is 11.8 Å². The number of amides is 1. The van der Waals surface area contributed by atoms with E-state index in [-0.39, 0.29) is 11.2 Å². The lowest BCUT2D eigenvalue weighted by molar-refractivity contribution is -0.120. The molecule has 0 bridgehead atoms. The topological polar surface area (TPSA) is 29.1 Å². The predicted octanol–water partition coefficient (Wildman–Crippen LogP) is 3.08. The largest absolute Gasteiger partial charge is 0.355 e. The summed E-state index contributed by atoms with van der Waals surface area (Å²) in [6, 6.07) is 10.2. The van der Waals surface area contributed by atoms with Crippen LogP contribution >= 0.6 is 11.8 Å². The lowest BCUT2D eigenvalue weighted by Gasteiger charge is -2.13. The van der Waals surface area contributed by atoms with Gasteiger partial charge in [0, 0.05) is 12.3 Å². The van der Waals surface area contributed by atoms with Crippen molar-refractivity contribution in [2.24, 2.45) is 5.92 Å². The third-order valence-corrected chi connectivity index (χ3v) is 3.61. The molecular weight excluding hydrogens is 230 g/mol. The first-order chi connectivity index (χ1) is 8.09. The lowest BCUT2D eigenvalue weighted by Crippen LogP contribution is -2.33. The van der Waals surface area contributed by atoms with Crippen LogP contribution in [0, 0.1) is 5.92 Å². The lowest BCUT2D eigenvalue weighted by atomic mass is 10.2. The van der Waals surface area contributed by atoms with Crippen molar-refractivity contribution >= 4 is 17.7 Å². The van der Waals surface area contributed by atoms with Crippen LogP contribution < -0.4 is 5.32 Å². The Kier molecular flexibility index (Phi) is 6.12. The van der Waals surface area contributed by atoms with Crippen molar-refractivity contribution in [2.45, 2.75) is 31.8 Å². The normalized spacial score (nSPS) is 12.5. The Balaban J connectivity index is 2.29. The molecule has 17 heavy (non-hydrogen) atoms. The first-order valence-corrected chi connectivity index (χ1v) is 7.07. The van der Waals surface area contributed by atoms with Crippen LogP contribution in [0.2, 0.25) is 0 Å². The van der Waals surface area contributed by atoms with E-state index >= 15 is 0 Å². The van der Waals surface area contributed by atoms with E-state index in [0.29, 0.717) is 5.92 Å². The highest BCUT2D eigenvalue weighted by Crippen LogP contribution is 2.17. The van der Waals surface area contributed by atoms with Crippen molar-refractivity contribution < 1.29 is 4.79 Å². The molecule has 0 aliphatic carbocycles. The van der Waals surface area contributed by atoms with E-state index < -0.39 is 0 Å². The van der Waals surface area contributed by atoms with Crippen molar-refractivity contribution in [1.29, 1.82) is 0 Å². The number of carbonyl (C=O) groups excluding carboxylic acids is 1. The zero-order valence-electron chi connectivity index (χ0n) is 10.8. The predicted molar refractivity (Wildman–Crippen MR) is 75.0 cm³/mol. The maximum absolute atomic E-state index is 11.7. The van der Waals surface area contributed by atoms with Crippen LogP contribution in [0.1, 0.15) is 26.3 Å². The van der Waals surface area contributed by atoms with Crippen LogP contribution in [0.3, 0.4) is 0 Å². The summed E-state index contributed by atoms with van der Waals surface area (Å²) in [5.74, 6) is 1.53. The van der Waals surface area contributed by atoms with E-state index in [2.05, 4.69) is 31.3 Å². The number of hydrogen-bond donors (Lipinski definition) is 1. The minimum atomic E-state index is 0.00829. The fourth-order valence-electron chi connectivity index (χ4n) is 1.32. The number of nitrogens with one attached hydrogen (secondary N) is 1. The summed E-state index contributed by atoms with van der Waals surface area (Å²) in [6.45, 7) is 6.92. The average Bonchev–Trinajstić information content (AvgIpc) is 2.34. The van der Waals surface area contributed by atoms with Gasteiger partial charge in [-0.05, 0) is 18.4 Å². The monoisotopic (exact) mass is 251 g/mol. The van der Waals surface area contributed by atoms with Gasteiger partial charge >= 0.3 is 0 Å². The summed E-state index contributed by atoms with van der Waals surface area (Å²) < 4.78 is 0. The van der Waals surface area contributed by atoms with Gasteiger partial charge in [0.1, 0.15) is 0 Å². The second kappa shape index (κ2) is 7.38. The number of rotatable bonds is 6. The van der Waals surface area contributed by atoms with Crippen LogP contribution in [0.4, 0.5) is 0 Å². The van der Waals surface area contributed by atoms with E-state index in [1.807, 2.05) is 25.1 Å². The van der Waals surface area contributed by atoms with Crippen molar-refractivity contribution in [3.8, 4) is 0 Å². The van der Waals surface area contributed by atoms with E-state index in [1.165, 1.54) is 5.56 Å². The van der Waals surface area contributed by atoms with Crippen LogP contribution in [-0.2, 0) is 10.5 Å². The molecule has 1 N–H and O–H groups in total. The first-order valence-electron chi connectivity index (χ1n) is 6.03. The molecule has 0 unspecified atom stereocenters. The number of hydrogen-bond acceptors (Lipinski definition) is 2. The molecule has 1 aromatic carbocycles. The van der Waals surface area contributed by atoms with Crippen LogP contribution in [0.5, 0.6) is 0 Å². The third kappa shape index (κ3) is 5.78. The van der Waals surface area contributed by atoms with E-state index in [9.17, 15) is 4.79 Å². The molecule has 0 heterocycles. The second-order valence-corrected chi connectivity index (χ2v) is 5.91. The van der Waals surface area contributed by atoms with E-state index in [4.69, 9.17) is 0 Å². The van der Waals surface area contributed by atoms with Crippen molar-refractivity contribution in [1.82, 2.24) is 5.32 Å². The summed E-state index contributed by atoms with van der Waals surface area (Å²) in [4.78, 5) is 11.7. The Hall–Kier alpha value is -0.960. The minimum Gasteiger partial charge on any atom is -0.355 e. The molecular formula is C14H21NOS. The van der Waals surface area contributed by atoms with Crippen molar-refractivity contribution in [3.05, 3.63) is 35.9 Å². The molecule has 0 aromatic heterocycles. The minimum absolute atomic E-state index is 0.00829. The van der Waals surface area contributed by atoms with Crippen molar-refractivity contribution in [3.63, 3.8) is 0 Å². The Morgan fingerprint density at radius 2 is 1.88 bits per heavy atom. The Morgan fingerprint density at radius 1 is 1.24 bits per heavy atom. The van der Waals surface area contributed by atoms with Crippen molar-refractivity contribution in [2.75, 3.05) is 6.54 Å². The molecule has 94 valence electrons. The SMILES string of the molecule is CC(C)CNC(=O)[C@@H](C)SCc1ccccc1. The second-order valence-electron chi connectivity index (χ2n) is 4.58. The van der Waals surface area contributed by atoms with E-state index in [0.717, 1.165) is 12.3 Å². The van der Waals surface area contributed by atoms with Gasteiger partial charge in [0.05, 0.1) is 5.25 Å². The zero-order valence-corrected chi connectivity index (χ0v) is 11.6. The molecule has 0 fully saturated rings. The van der Waals surface area contributed by atoms with Gasteiger partial charge < -0.3 is 5.32 Å². The molecule has 0 aliphatic heterocycles. The molecule has 0 saturated heterocycles. The summed E-state index contributed by atoms with van der Waals surface area (Å²) in [7, 11) is 0. The van der Waals surface area contributed by atoms with Gasteiger partial charge in [-0.2, -0.15) is 0 Å². The summed E-state index contributed by atoms with van der Waals surface area (Å²) >= 11 is 1.68. The first kappa shape index (κ1) is 14.1. The Bertz CT molecular complexity index is 337. The fraction of sp³-hybridized carbons (Fsp3) is 0.500. The van der Waals surface area contributed by atoms with Crippen LogP contribution in [-0.4, -0.2) is 17.7 Å². The molecule has 1 aromatic rings. The van der Waals surface area contributed by atoms with Gasteiger partial charge in [-0.3, -0.25) is 4.79 Å². The highest BCUT2D eigenvalue weighted by Gasteiger charge is 2.12. The summed E-state index contributed by atoms with van der Waals surface area (Å²) in [5, 5.41) is 2.97. The van der Waals surface area contributed by atoms with Gasteiger partial charge in [0.25, 0.3) is 0 Å². The molecule has 0 spiro atoms. The maximum Gasteiger partial charge on any atom is 0.232 e. The Labute approximate surface area is 108 Å². The van der Waals surface area contributed by atoms with Crippen LogP contribution in [0.15, 0.2) is 30.3 Å². The average molecular weight is 251 g/mol. The quantitative estimate of drug-likeness (QED) is 0.842. The molecule has 0 saturated carbocycles. The standard InChI is InChI=1S/C14H21NOS/c1-11(2)9-15-14(16)12(3)17-10-13-7-5-4-6-8-13/h4-8,11-12H,9-10H2,1-3H3,(H,15,16)/t12-/m1/s1. The van der Waals surface area contributed by atoms with Gasteiger partial charge in [0.15, 0.2) is 0 Å². The van der Waals surface area contributed by atoms with Gasteiger partial charge in [-0.25, -0.2) is 0 Å². The molecule has 1 amide bonds. The molecule has 1 rings (SSSR count). The van der Waals surface area contributed by atoms with Crippen LogP contribution in [0.25, 0.3) is 0 Å². The Morgan fingerprint density at radius 3 is 2.47 bits per heavy atom. The third-order valence-electron chi connectivity index (χ3n) is 2.40. The molecule has 2 nitrogen and oxygen atoms in total. The van der Waals surface area contributed by atoms with Gasteiger partial charge in [-0.1, -0.05) is 44.2 Å². The fourth-order valence-corrected chi connectivity index (χ4v) is 2.19. The molecule has 1 atom stereocenters. The molecule has 3 heteroatoms. The maximum atomic E-state index is 11.7. The van der Waals surface area contributed by atoms with E-state index in [1.54, 1.807) is 11.8 Å². The number of benzene rings is 1. The summed E-state index contributed by atoms with van der Waals surface area (Å²) in [5.41, 5.74) is 1.26. The smallest absolute Gasteiger partial charge is 0.232 e. The number of carbonyl (C=O) groups is 1. The van der Waals surface area contributed by atoms with Gasteiger partial charge in [0.2, 0.25) is 5.91 Å². The highest BCUT2D eigenvalue weighted by atomic mass is 32.2. The number of thioether (sulfide) groups is 1. The molecule has 0 aliphatic rings. The highest BCUT2D eigenvalue weighted by molar-refractivity contribution is 7.99. The summed E-state index contributed by atoms with van der Waals surface area (Å²) in [6.07, 6.45) is 0. The zero-order chi connectivity index (χ0) is 12.7. The molecule has 0 radical (unpaired) electrons.